The van der Waals surface area contributed by atoms with Crippen molar-refractivity contribution in [3.63, 3.8) is 0 Å². The number of halogens is 1. The number of amides is 1. The highest BCUT2D eigenvalue weighted by molar-refractivity contribution is 9.09. The van der Waals surface area contributed by atoms with Gasteiger partial charge in [0, 0.05) is 18.9 Å². The molecule has 0 aromatic carbocycles. The molecule has 0 saturated carbocycles. The van der Waals surface area contributed by atoms with Crippen LogP contribution in [0.4, 0.5) is 0 Å². The number of carbonyl (C=O) groups is 1. The first-order chi connectivity index (χ1) is 7.25. The quantitative estimate of drug-likeness (QED) is 0.596. The molecule has 1 heterocycles. The van der Waals surface area contributed by atoms with E-state index >= 15 is 0 Å². The Labute approximate surface area is 103 Å². The molecule has 1 aromatic rings. The van der Waals surface area contributed by atoms with Gasteiger partial charge in [0.25, 0.3) is 5.91 Å². The molecule has 0 aliphatic carbocycles. The normalized spacial score (nSPS) is 10.3. The predicted octanol–water partition coefficient (Wildman–Crippen LogP) is 2.78. The highest BCUT2D eigenvalue weighted by atomic mass is 79.9. The van der Waals surface area contributed by atoms with E-state index in [4.69, 9.17) is 0 Å². The third-order valence-corrected chi connectivity index (χ3v) is 3.44. The molecule has 0 saturated heterocycles. The van der Waals surface area contributed by atoms with E-state index in [-0.39, 0.29) is 5.91 Å². The Morgan fingerprint density at radius 1 is 1.53 bits per heavy atom. The molecule has 84 valence electrons. The van der Waals surface area contributed by atoms with Crippen molar-refractivity contribution in [1.29, 1.82) is 0 Å². The second-order valence-electron chi connectivity index (χ2n) is 3.34. The summed E-state index contributed by atoms with van der Waals surface area (Å²) in [4.78, 5) is 18.1. The van der Waals surface area contributed by atoms with E-state index in [1.807, 2.05) is 7.05 Å². The Balaban J connectivity index is 2.28. The minimum atomic E-state index is 0.0799. The van der Waals surface area contributed by atoms with Crippen LogP contribution in [0.3, 0.4) is 0 Å². The van der Waals surface area contributed by atoms with Crippen LogP contribution in [-0.2, 0) is 0 Å². The number of alkyl halides is 1. The average Bonchev–Trinajstić information content (AvgIpc) is 2.76. The number of unbranched alkanes of at least 4 members (excludes halogenated alkanes) is 2. The third kappa shape index (κ3) is 4.30. The Morgan fingerprint density at radius 3 is 2.93 bits per heavy atom. The highest BCUT2D eigenvalue weighted by Gasteiger charge is 2.11. The van der Waals surface area contributed by atoms with Gasteiger partial charge >= 0.3 is 0 Å². The molecule has 0 fully saturated rings. The van der Waals surface area contributed by atoms with Crippen LogP contribution in [0.5, 0.6) is 0 Å². The van der Waals surface area contributed by atoms with Crippen LogP contribution in [0.15, 0.2) is 11.7 Å². The van der Waals surface area contributed by atoms with Gasteiger partial charge in [-0.3, -0.25) is 9.78 Å². The molecule has 1 rings (SSSR count). The summed E-state index contributed by atoms with van der Waals surface area (Å²) in [6, 6.07) is 0. The highest BCUT2D eigenvalue weighted by Crippen LogP contribution is 2.09. The van der Waals surface area contributed by atoms with Gasteiger partial charge in [0.2, 0.25) is 0 Å². The van der Waals surface area contributed by atoms with Gasteiger partial charge in [-0.25, -0.2) is 0 Å². The monoisotopic (exact) mass is 290 g/mol. The molecule has 15 heavy (non-hydrogen) atoms. The summed E-state index contributed by atoms with van der Waals surface area (Å²) in [6.45, 7) is 0.823. The van der Waals surface area contributed by atoms with Crippen LogP contribution in [0, 0.1) is 0 Å². The predicted molar refractivity (Wildman–Crippen MR) is 66.7 cm³/mol. The number of hydrogen-bond acceptors (Lipinski definition) is 3. The number of aromatic nitrogens is 1. The molecule has 1 amide bonds. The van der Waals surface area contributed by atoms with Crippen molar-refractivity contribution in [3.8, 4) is 0 Å². The smallest absolute Gasteiger partial charge is 0.265 e. The topological polar surface area (TPSA) is 33.2 Å². The van der Waals surface area contributed by atoms with E-state index in [0.717, 1.165) is 29.6 Å². The van der Waals surface area contributed by atoms with Crippen molar-refractivity contribution in [2.45, 2.75) is 19.3 Å². The van der Waals surface area contributed by atoms with Crippen LogP contribution in [0.25, 0.3) is 0 Å². The van der Waals surface area contributed by atoms with E-state index < -0.39 is 0 Å². The first kappa shape index (κ1) is 12.6. The largest absolute Gasteiger partial charge is 0.341 e. The Hall–Kier alpha value is -0.420. The lowest BCUT2D eigenvalue weighted by molar-refractivity contribution is 0.0797. The fourth-order valence-electron chi connectivity index (χ4n) is 1.23. The molecule has 0 radical (unpaired) electrons. The lowest BCUT2D eigenvalue weighted by atomic mass is 10.2. The summed E-state index contributed by atoms with van der Waals surface area (Å²) in [5, 5.41) is 1.04. The van der Waals surface area contributed by atoms with Gasteiger partial charge in [-0.1, -0.05) is 22.4 Å². The molecule has 0 unspecified atom stereocenters. The zero-order valence-corrected chi connectivity index (χ0v) is 11.2. The maximum absolute atomic E-state index is 11.8. The fourth-order valence-corrected chi connectivity index (χ4v) is 2.24. The Morgan fingerprint density at radius 2 is 2.33 bits per heavy atom. The van der Waals surface area contributed by atoms with Gasteiger partial charge in [-0.15, -0.1) is 11.3 Å². The maximum atomic E-state index is 11.8. The zero-order valence-electron chi connectivity index (χ0n) is 8.78. The summed E-state index contributed by atoms with van der Waals surface area (Å²) in [5.74, 6) is 0.0799. The van der Waals surface area contributed by atoms with Crippen LogP contribution < -0.4 is 0 Å². The van der Waals surface area contributed by atoms with E-state index in [9.17, 15) is 4.79 Å². The van der Waals surface area contributed by atoms with Gasteiger partial charge in [0.15, 0.2) is 0 Å². The summed E-state index contributed by atoms with van der Waals surface area (Å²) >= 11 is 4.78. The lowest BCUT2D eigenvalue weighted by Crippen LogP contribution is -2.27. The molecule has 0 bridgehead atoms. The molecule has 0 aliphatic heterocycles. The molecule has 0 spiro atoms. The molecule has 5 heteroatoms. The molecule has 0 aliphatic rings. The summed E-state index contributed by atoms with van der Waals surface area (Å²) in [5.41, 5.74) is 1.69. The summed E-state index contributed by atoms with van der Waals surface area (Å²) in [7, 11) is 1.84. The van der Waals surface area contributed by atoms with Gasteiger partial charge in [0.1, 0.15) is 4.88 Å². The number of nitrogens with zero attached hydrogens (tertiary/aromatic N) is 2. The lowest BCUT2D eigenvalue weighted by Gasteiger charge is -2.15. The minimum Gasteiger partial charge on any atom is -0.341 e. The first-order valence-corrected chi connectivity index (χ1v) is 6.95. The second kappa shape index (κ2) is 6.95. The average molecular weight is 291 g/mol. The Kier molecular flexibility index (Phi) is 5.86. The molecule has 0 N–H and O–H groups in total. The van der Waals surface area contributed by atoms with Crippen molar-refractivity contribution >= 4 is 33.2 Å². The molecule has 0 atom stereocenters. The van der Waals surface area contributed by atoms with Crippen LogP contribution in [-0.4, -0.2) is 34.7 Å². The van der Waals surface area contributed by atoms with E-state index in [2.05, 4.69) is 20.9 Å². The maximum Gasteiger partial charge on any atom is 0.265 e. The van der Waals surface area contributed by atoms with Crippen molar-refractivity contribution < 1.29 is 4.79 Å². The van der Waals surface area contributed by atoms with Crippen molar-refractivity contribution in [2.75, 3.05) is 18.9 Å². The van der Waals surface area contributed by atoms with Crippen molar-refractivity contribution in [3.05, 3.63) is 16.6 Å². The molecular formula is C10H15BrN2OS. The molecular weight excluding hydrogens is 276 g/mol. The van der Waals surface area contributed by atoms with E-state index in [1.54, 1.807) is 16.6 Å². The van der Waals surface area contributed by atoms with Gasteiger partial charge in [-0.05, 0) is 12.8 Å². The molecule has 3 nitrogen and oxygen atoms in total. The van der Waals surface area contributed by atoms with Crippen molar-refractivity contribution in [2.24, 2.45) is 0 Å². The number of carbonyl (C=O) groups excluding carboxylic acids is 1. The summed E-state index contributed by atoms with van der Waals surface area (Å²) in [6.07, 6.45) is 5.02. The Bertz CT molecular complexity index is 290. The van der Waals surface area contributed by atoms with E-state index in [1.165, 1.54) is 17.8 Å². The fraction of sp³-hybridized carbons (Fsp3) is 0.600. The number of thiazole rings is 1. The third-order valence-electron chi connectivity index (χ3n) is 2.12. The van der Waals surface area contributed by atoms with Gasteiger partial charge in [-0.2, -0.15) is 0 Å². The van der Waals surface area contributed by atoms with Crippen LogP contribution in [0.1, 0.15) is 28.9 Å². The van der Waals surface area contributed by atoms with Gasteiger partial charge < -0.3 is 4.90 Å². The number of hydrogen-bond donors (Lipinski definition) is 0. The van der Waals surface area contributed by atoms with Gasteiger partial charge in [0.05, 0.1) is 11.7 Å². The summed E-state index contributed by atoms with van der Waals surface area (Å²) < 4.78 is 0. The number of rotatable bonds is 6. The molecule has 1 aromatic heterocycles. The second-order valence-corrected chi connectivity index (χ2v) is 5.02. The van der Waals surface area contributed by atoms with Crippen LogP contribution >= 0.6 is 27.3 Å². The van der Waals surface area contributed by atoms with Crippen molar-refractivity contribution in [1.82, 2.24) is 9.88 Å². The standard InChI is InChI=1S/C10H15BrN2OS/c1-13(6-4-2-3-5-11)10(14)9-7-12-8-15-9/h7-8H,2-6H2,1H3. The van der Waals surface area contributed by atoms with E-state index in [0.29, 0.717) is 0 Å². The first-order valence-electron chi connectivity index (χ1n) is 4.95. The minimum absolute atomic E-state index is 0.0799. The SMILES string of the molecule is CN(CCCCCBr)C(=O)c1cncs1. The zero-order chi connectivity index (χ0) is 11.1. The van der Waals surface area contributed by atoms with Crippen LogP contribution in [0.2, 0.25) is 0 Å².